The van der Waals surface area contributed by atoms with Gasteiger partial charge in [-0.25, -0.2) is 4.79 Å². The maximum atomic E-state index is 11.1. The molecule has 0 aliphatic carbocycles. The van der Waals surface area contributed by atoms with Gasteiger partial charge in [-0.05, 0) is 42.8 Å². The summed E-state index contributed by atoms with van der Waals surface area (Å²) in [5, 5.41) is 18.4. The van der Waals surface area contributed by atoms with Crippen LogP contribution < -0.4 is 0 Å². The fraction of sp³-hybridized carbons (Fsp3) is 0.0667. The first-order chi connectivity index (χ1) is 9.51. The Labute approximate surface area is 125 Å². The highest BCUT2D eigenvalue weighted by Crippen LogP contribution is 2.34. The van der Waals surface area contributed by atoms with Crippen LogP contribution in [-0.4, -0.2) is 11.1 Å². The molecule has 2 aromatic carbocycles. The summed E-state index contributed by atoms with van der Waals surface area (Å²) in [6.07, 6.45) is 0. The first-order valence-corrected chi connectivity index (χ1v) is 6.92. The molecule has 0 aliphatic rings. The number of carbonyl (C=O) groups is 1. The van der Waals surface area contributed by atoms with E-state index in [4.69, 9.17) is 22.0 Å². The fourth-order valence-corrected chi connectivity index (χ4v) is 2.83. The smallest absolute Gasteiger partial charge is 0.335 e. The Hall–Kier alpha value is -1.96. The minimum Gasteiger partial charge on any atom is -0.478 e. The lowest BCUT2D eigenvalue weighted by Crippen LogP contribution is -1.99. The van der Waals surface area contributed by atoms with Gasteiger partial charge in [0, 0.05) is 9.79 Å². The monoisotopic (exact) mass is 303 g/mol. The third-order valence-corrected chi connectivity index (χ3v) is 4.22. The van der Waals surface area contributed by atoms with Gasteiger partial charge < -0.3 is 5.11 Å². The molecule has 0 saturated carbocycles. The van der Waals surface area contributed by atoms with Gasteiger partial charge in [-0.1, -0.05) is 29.4 Å². The second-order valence-electron chi connectivity index (χ2n) is 4.14. The molecule has 0 heterocycles. The van der Waals surface area contributed by atoms with E-state index in [1.54, 1.807) is 37.3 Å². The second kappa shape index (κ2) is 6.00. The molecule has 0 unspecified atom stereocenters. The van der Waals surface area contributed by atoms with E-state index in [1.807, 2.05) is 12.1 Å². The van der Waals surface area contributed by atoms with Crippen molar-refractivity contribution in [3.63, 3.8) is 0 Å². The van der Waals surface area contributed by atoms with Gasteiger partial charge >= 0.3 is 5.97 Å². The van der Waals surface area contributed by atoms with Gasteiger partial charge in [0.25, 0.3) is 0 Å². The van der Waals surface area contributed by atoms with E-state index in [1.165, 1.54) is 11.8 Å². The van der Waals surface area contributed by atoms with Crippen molar-refractivity contribution >= 4 is 29.3 Å². The molecule has 0 spiro atoms. The van der Waals surface area contributed by atoms with Crippen LogP contribution in [0.2, 0.25) is 5.02 Å². The minimum atomic E-state index is -0.948. The molecule has 100 valence electrons. The van der Waals surface area contributed by atoms with Gasteiger partial charge in [-0.2, -0.15) is 5.26 Å². The highest BCUT2D eigenvalue weighted by Gasteiger charge is 2.10. The number of hydrogen-bond acceptors (Lipinski definition) is 3. The first kappa shape index (κ1) is 14.4. The Morgan fingerprint density at radius 1 is 1.30 bits per heavy atom. The second-order valence-corrected chi connectivity index (χ2v) is 5.66. The van der Waals surface area contributed by atoms with E-state index in [9.17, 15) is 4.79 Å². The number of benzene rings is 2. The van der Waals surface area contributed by atoms with E-state index >= 15 is 0 Å². The van der Waals surface area contributed by atoms with Crippen LogP contribution in [0, 0.1) is 18.3 Å². The third kappa shape index (κ3) is 3.13. The lowest BCUT2D eigenvalue weighted by Gasteiger charge is -2.07. The van der Waals surface area contributed by atoms with Gasteiger partial charge in [0.2, 0.25) is 0 Å². The van der Waals surface area contributed by atoms with Crippen LogP contribution in [0.25, 0.3) is 0 Å². The molecule has 0 bridgehead atoms. The molecular formula is C15H10ClNO2S. The highest BCUT2D eigenvalue weighted by molar-refractivity contribution is 7.99. The first-order valence-electron chi connectivity index (χ1n) is 5.72. The normalized spacial score (nSPS) is 10.1. The Morgan fingerprint density at radius 3 is 2.65 bits per heavy atom. The molecule has 0 saturated heterocycles. The number of aromatic carboxylic acids is 1. The summed E-state index contributed by atoms with van der Waals surface area (Å²) in [5.74, 6) is -0.948. The minimum absolute atomic E-state index is 0.278. The predicted molar refractivity (Wildman–Crippen MR) is 78.4 cm³/mol. The van der Waals surface area contributed by atoms with Gasteiger partial charge in [0.05, 0.1) is 22.2 Å². The van der Waals surface area contributed by atoms with Crippen LogP contribution in [-0.2, 0) is 0 Å². The van der Waals surface area contributed by atoms with Gasteiger partial charge in [-0.15, -0.1) is 0 Å². The Kier molecular flexibility index (Phi) is 4.33. The quantitative estimate of drug-likeness (QED) is 0.914. The highest BCUT2D eigenvalue weighted by atomic mass is 35.5. The van der Waals surface area contributed by atoms with Crippen molar-refractivity contribution in [1.29, 1.82) is 5.26 Å². The molecule has 20 heavy (non-hydrogen) atoms. The molecule has 0 aromatic heterocycles. The van der Waals surface area contributed by atoms with Crippen LogP contribution >= 0.6 is 23.4 Å². The molecule has 0 fully saturated rings. The SMILES string of the molecule is Cc1ccc(Sc2ccc(C#N)cc2Cl)cc1C(=O)O. The van der Waals surface area contributed by atoms with E-state index < -0.39 is 5.97 Å². The standard InChI is InChI=1S/C15H10ClNO2S/c1-9-2-4-11(7-12(9)15(18)19)20-14-5-3-10(8-17)6-13(14)16/h2-7H,1H3,(H,18,19). The molecule has 0 radical (unpaired) electrons. The number of halogens is 1. The molecule has 2 aromatic rings. The van der Waals surface area contributed by atoms with Crippen LogP contribution in [0.15, 0.2) is 46.2 Å². The van der Waals surface area contributed by atoms with Gasteiger partial charge in [0.15, 0.2) is 0 Å². The molecule has 1 N–H and O–H groups in total. The largest absolute Gasteiger partial charge is 0.478 e. The molecule has 0 amide bonds. The summed E-state index contributed by atoms with van der Waals surface area (Å²) < 4.78 is 0. The zero-order valence-corrected chi connectivity index (χ0v) is 12.1. The van der Waals surface area contributed by atoms with E-state index in [2.05, 4.69) is 0 Å². The molecular weight excluding hydrogens is 294 g/mol. The molecule has 0 aliphatic heterocycles. The molecule has 2 rings (SSSR count). The van der Waals surface area contributed by atoms with Gasteiger partial charge in [0.1, 0.15) is 0 Å². The van der Waals surface area contributed by atoms with Crippen molar-refractivity contribution in [1.82, 2.24) is 0 Å². The van der Waals surface area contributed by atoms with Crippen molar-refractivity contribution in [2.45, 2.75) is 16.7 Å². The molecule has 0 atom stereocenters. The average Bonchev–Trinajstić information content (AvgIpc) is 2.42. The van der Waals surface area contributed by atoms with Crippen LogP contribution in [0.1, 0.15) is 21.5 Å². The summed E-state index contributed by atoms with van der Waals surface area (Å²) >= 11 is 7.47. The summed E-state index contributed by atoms with van der Waals surface area (Å²) in [6.45, 7) is 1.76. The number of carboxylic acids is 1. The number of nitrogens with zero attached hydrogens (tertiary/aromatic N) is 1. The van der Waals surface area contributed by atoms with E-state index in [0.717, 1.165) is 9.79 Å². The van der Waals surface area contributed by atoms with Crippen molar-refractivity contribution in [2.24, 2.45) is 0 Å². The summed E-state index contributed by atoms with van der Waals surface area (Å²) in [7, 11) is 0. The maximum absolute atomic E-state index is 11.1. The van der Waals surface area contributed by atoms with Crippen molar-refractivity contribution in [3.8, 4) is 6.07 Å². The zero-order valence-electron chi connectivity index (χ0n) is 10.6. The fourth-order valence-electron chi connectivity index (χ4n) is 1.68. The lowest BCUT2D eigenvalue weighted by atomic mass is 10.1. The van der Waals surface area contributed by atoms with Crippen molar-refractivity contribution in [2.75, 3.05) is 0 Å². The summed E-state index contributed by atoms with van der Waals surface area (Å²) in [5.41, 5.74) is 1.49. The Morgan fingerprint density at radius 2 is 2.05 bits per heavy atom. The number of rotatable bonds is 3. The van der Waals surface area contributed by atoms with Crippen molar-refractivity contribution < 1.29 is 9.90 Å². The lowest BCUT2D eigenvalue weighted by molar-refractivity contribution is 0.0696. The van der Waals surface area contributed by atoms with Gasteiger partial charge in [-0.3, -0.25) is 0 Å². The van der Waals surface area contributed by atoms with Crippen LogP contribution in [0.3, 0.4) is 0 Å². The number of hydrogen-bond donors (Lipinski definition) is 1. The Bertz CT molecular complexity index is 722. The maximum Gasteiger partial charge on any atom is 0.335 e. The average molecular weight is 304 g/mol. The number of nitriles is 1. The third-order valence-electron chi connectivity index (χ3n) is 2.73. The van der Waals surface area contributed by atoms with E-state index in [-0.39, 0.29) is 5.56 Å². The summed E-state index contributed by atoms with van der Waals surface area (Å²) in [6, 6.07) is 12.3. The molecule has 5 heteroatoms. The topological polar surface area (TPSA) is 61.1 Å². The number of aryl methyl sites for hydroxylation is 1. The van der Waals surface area contributed by atoms with Crippen molar-refractivity contribution in [3.05, 3.63) is 58.1 Å². The van der Waals surface area contributed by atoms with E-state index in [0.29, 0.717) is 16.1 Å². The number of carboxylic acid groups (broad SMARTS) is 1. The van der Waals surface area contributed by atoms with Crippen LogP contribution in [0.4, 0.5) is 0 Å². The predicted octanol–water partition coefficient (Wildman–Crippen LogP) is 4.37. The van der Waals surface area contributed by atoms with Crippen LogP contribution in [0.5, 0.6) is 0 Å². The molecule has 3 nitrogen and oxygen atoms in total. The zero-order chi connectivity index (χ0) is 14.7. The summed E-state index contributed by atoms with van der Waals surface area (Å²) in [4.78, 5) is 12.7. The Balaban J connectivity index is 2.33.